The number of aryl methyl sites for hydroxylation is 1. The Hall–Kier alpha value is -2.56. The van der Waals surface area contributed by atoms with Crippen LogP contribution in [0.3, 0.4) is 0 Å². The quantitative estimate of drug-likeness (QED) is 0.848. The number of fused-ring (bicyclic) bond motifs is 1. The molecule has 108 valence electrons. The molecule has 0 aromatic heterocycles. The number of para-hydroxylation sites is 1. The normalized spacial score (nSPS) is 13.9. The molecule has 0 saturated carbocycles. The van der Waals surface area contributed by atoms with Crippen molar-refractivity contribution in [2.75, 3.05) is 11.4 Å². The van der Waals surface area contributed by atoms with Gasteiger partial charge in [-0.05, 0) is 36.6 Å². The zero-order valence-electron chi connectivity index (χ0n) is 11.2. The zero-order chi connectivity index (χ0) is 15.0. The molecule has 2 aromatic rings. The maximum atomic E-state index is 13.0. The van der Waals surface area contributed by atoms with Gasteiger partial charge in [0.25, 0.3) is 5.91 Å². The van der Waals surface area contributed by atoms with E-state index in [0.717, 1.165) is 30.5 Å². The number of aromatic hydroxyl groups is 2. The Labute approximate surface area is 121 Å². The third-order valence-electron chi connectivity index (χ3n) is 3.63. The number of anilines is 1. The first-order chi connectivity index (χ1) is 10.1. The number of nitrogens with zero attached hydrogens (tertiary/aromatic N) is 1. The van der Waals surface area contributed by atoms with Crippen LogP contribution in [0.2, 0.25) is 0 Å². The Balaban J connectivity index is 2.04. The number of hydrogen-bond donors (Lipinski definition) is 2. The lowest BCUT2D eigenvalue weighted by Gasteiger charge is -2.30. The van der Waals surface area contributed by atoms with E-state index < -0.39 is 17.5 Å². The van der Waals surface area contributed by atoms with Crippen LogP contribution in [0.25, 0.3) is 0 Å². The molecule has 0 bridgehead atoms. The SMILES string of the molecule is O=C(c1ccc(F)cc1O)N1CCCc2cccc(O)c21. The Kier molecular flexibility index (Phi) is 3.25. The fourth-order valence-electron chi connectivity index (χ4n) is 2.66. The summed E-state index contributed by atoms with van der Waals surface area (Å²) in [6.45, 7) is 0.445. The molecule has 1 aliphatic rings. The van der Waals surface area contributed by atoms with Crippen molar-refractivity contribution < 1.29 is 19.4 Å². The van der Waals surface area contributed by atoms with Gasteiger partial charge in [-0.1, -0.05) is 12.1 Å². The van der Waals surface area contributed by atoms with E-state index in [2.05, 4.69) is 0 Å². The lowest BCUT2D eigenvalue weighted by Crippen LogP contribution is -2.35. The summed E-state index contributed by atoms with van der Waals surface area (Å²) in [5, 5.41) is 19.8. The van der Waals surface area contributed by atoms with Crippen LogP contribution in [0.1, 0.15) is 22.3 Å². The van der Waals surface area contributed by atoms with Gasteiger partial charge in [0.15, 0.2) is 0 Å². The predicted molar refractivity (Wildman–Crippen MR) is 76.2 cm³/mol. The van der Waals surface area contributed by atoms with Crippen LogP contribution in [0.5, 0.6) is 11.5 Å². The molecular formula is C16H14FNO3. The number of carbonyl (C=O) groups excluding carboxylic acids is 1. The molecule has 0 saturated heterocycles. The Morgan fingerprint density at radius 3 is 2.71 bits per heavy atom. The maximum absolute atomic E-state index is 13.0. The second-order valence-electron chi connectivity index (χ2n) is 5.01. The molecule has 3 rings (SSSR count). The zero-order valence-corrected chi connectivity index (χ0v) is 11.2. The molecule has 2 N–H and O–H groups in total. The smallest absolute Gasteiger partial charge is 0.262 e. The number of halogens is 1. The van der Waals surface area contributed by atoms with Gasteiger partial charge in [0.2, 0.25) is 0 Å². The van der Waals surface area contributed by atoms with Gasteiger partial charge < -0.3 is 15.1 Å². The van der Waals surface area contributed by atoms with Crippen molar-refractivity contribution in [2.24, 2.45) is 0 Å². The second kappa shape index (κ2) is 5.09. The molecule has 0 unspecified atom stereocenters. The van der Waals surface area contributed by atoms with Gasteiger partial charge in [-0.3, -0.25) is 4.79 Å². The average molecular weight is 287 g/mol. The standard InChI is InChI=1S/C16H14FNO3/c17-11-6-7-12(14(20)9-11)16(21)18-8-2-4-10-3-1-5-13(19)15(10)18/h1,3,5-7,9,19-20H,2,4,8H2. The molecule has 0 radical (unpaired) electrons. The molecule has 2 aromatic carbocycles. The van der Waals surface area contributed by atoms with E-state index >= 15 is 0 Å². The van der Waals surface area contributed by atoms with Crippen molar-refractivity contribution >= 4 is 11.6 Å². The third-order valence-corrected chi connectivity index (χ3v) is 3.63. The molecule has 0 fully saturated rings. The number of carbonyl (C=O) groups is 1. The second-order valence-corrected chi connectivity index (χ2v) is 5.01. The summed E-state index contributed by atoms with van der Waals surface area (Å²) in [6.07, 6.45) is 1.55. The fourth-order valence-corrected chi connectivity index (χ4v) is 2.66. The number of phenols is 2. The molecule has 0 spiro atoms. The van der Waals surface area contributed by atoms with Crippen LogP contribution in [-0.4, -0.2) is 22.7 Å². The highest BCUT2D eigenvalue weighted by Gasteiger charge is 2.27. The number of rotatable bonds is 1. The van der Waals surface area contributed by atoms with Crippen LogP contribution in [-0.2, 0) is 6.42 Å². The van der Waals surface area contributed by atoms with Gasteiger partial charge >= 0.3 is 0 Å². The number of phenolic OH excluding ortho intramolecular Hbond substituents is 2. The van der Waals surface area contributed by atoms with E-state index in [-0.39, 0.29) is 11.3 Å². The minimum atomic E-state index is -0.606. The third kappa shape index (κ3) is 2.31. The first-order valence-corrected chi connectivity index (χ1v) is 6.69. The van der Waals surface area contributed by atoms with Crippen LogP contribution in [0, 0.1) is 5.82 Å². The first kappa shape index (κ1) is 13.4. The molecule has 4 nitrogen and oxygen atoms in total. The molecule has 0 atom stereocenters. The highest BCUT2D eigenvalue weighted by molar-refractivity contribution is 6.09. The van der Waals surface area contributed by atoms with E-state index in [0.29, 0.717) is 12.2 Å². The number of benzene rings is 2. The summed E-state index contributed by atoms with van der Waals surface area (Å²) in [7, 11) is 0. The van der Waals surface area contributed by atoms with Gasteiger partial charge in [-0.2, -0.15) is 0 Å². The largest absolute Gasteiger partial charge is 0.507 e. The Morgan fingerprint density at radius 2 is 1.95 bits per heavy atom. The molecular weight excluding hydrogens is 273 g/mol. The lowest BCUT2D eigenvalue weighted by molar-refractivity contribution is 0.0981. The van der Waals surface area contributed by atoms with E-state index in [4.69, 9.17) is 0 Å². The van der Waals surface area contributed by atoms with E-state index in [1.807, 2.05) is 6.07 Å². The van der Waals surface area contributed by atoms with Gasteiger partial charge in [0.1, 0.15) is 17.3 Å². The molecule has 0 aliphatic carbocycles. The highest BCUT2D eigenvalue weighted by atomic mass is 19.1. The van der Waals surface area contributed by atoms with Crippen molar-refractivity contribution in [2.45, 2.75) is 12.8 Å². The Morgan fingerprint density at radius 1 is 1.14 bits per heavy atom. The van der Waals surface area contributed by atoms with Crippen molar-refractivity contribution in [1.82, 2.24) is 0 Å². The van der Waals surface area contributed by atoms with E-state index in [1.54, 1.807) is 6.07 Å². The molecule has 21 heavy (non-hydrogen) atoms. The topological polar surface area (TPSA) is 60.8 Å². The number of hydrogen-bond acceptors (Lipinski definition) is 3. The van der Waals surface area contributed by atoms with Crippen molar-refractivity contribution in [1.29, 1.82) is 0 Å². The molecule has 1 amide bonds. The van der Waals surface area contributed by atoms with Crippen molar-refractivity contribution in [3.05, 3.63) is 53.3 Å². The van der Waals surface area contributed by atoms with Gasteiger partial charge in [0, 0.05) is 12.6 Å². The predicted octanol–water partition coefficient (Wildman–Crippen LogP) is 2.83. The van der Waals surface area contributed by atoms with Crippen LogP contribution < -0.4 is 4.90 Å². The molecule has 5 heteroatoms. The molecule has 1 heterocycles. The van der Waals surface area contributed by atoms with E-state index in [9.17, 15) is 19.4 Å². The van der Waals surface area contributed by atoms with Crippen LogP contribution >= 0.6 is 0 Å². The lowest BCUT2D eigenvalue weighted by atomic mass is 10.00. The summed E-state index contributed by atoms with van der Waals surface area (Å²) in [5.41, 5.74) is 1.38. The minimum Gasteiger partial charge on any atom is -0.507 e. The van der Waals surface area contributed by atoms with Gasteiger partial charge in [-0.15, -0.1) is 0 Å². The van der Waals surface area contributed by atoms with Crippen molar-refractivity contribution in [3.8, 4) is 11.5 Å². The number of amides is 1. The van der Waals surface area contributed by atoms with Gasteiger partial charge in [0.05, 0.1) is 11.3 Å². The van der Waals surface area contributed by atoms with Gasteiger partial charge in [-0.25, -0.2) is 4.39 Å². The highest BCUT2D eigenvalue weighted by Crippen LogP contribution is 2.37. The summed E-state index contributed by atoms with van der Waals surface area (Å²) in [6, 6.07) is 8.40. The average Bonchev–Trinajstić information content (AvgIpc) is 2.46. The van der Waals surface area contributed by atoms with E-state index in [1.165, 1.54) is 17.0 Å². The maximum Gasteiger partial charge on any atom is 0.262 e. The Bertz CT molecular complexity index is 715. The summed E-state index contributed by atoms with van der Waals surface area (Å²) in [5.74, 6) is -1.43. The summed E-state index contributed by atoms with van der Waals surface area (Å²) in [4.78, 5) is 14.0. The summed E-state index contributed by atoms with van der Waals surface area (Å²) >= 11 is 0. The fraction of sp³-hybridized carbons (Fsp3) is 0.188. The van der Waals surface area contributed by atoms with Crippen LogP contribution in [0.4, 0.5) is 10.1 Å². The molecule has 1 aliphatic heterocycles. The summed E-state index contributed by atoms with van der Waals surface area (Å²) < 4.78 is 13.0. The van der Waals surface area contributed by atoms with Crippen LogP contribution in [0.15, 0.2) is 36.4 Å². The van der Waals surface area contributed by atoms with Crippen molar-refractivity contribution in [3.63, 3.8) is 0 Å². The monoisotopic (exact) mass is 287 g/mol. The minimum absolute atomic E-state index is 0.0208. The first-order valence-electron chi connectivity index (χ1n) is 6.69.